The van der Waals surface area contributed by atoms with Gasteiger partial charge in [-0.15, -0.1) is 0 Å². The molecule has 3 aromatic rings. The highest BCUT2D eigenvalue weighted by Gasteiger charge is 2.96. The van der Waals surface area contributed by atoms with E-state index in [4.69, 9.17) is 35.0 Å². The van der Waals surface area contributed by atoms with E-state index in [1.165, 1.54) is 67.6 Å². The van der Waals surface area contributed by atoms with Crippen LogP contribution in [-0.4, -0.2) is 112 Å². The fourth-order valence-corrected chi connectivity index (χ4v) is 9.99. The van der Waals surface area contributed by atoms with E-state index in [0.717, 1.165) is 25.2 Å². The molecule has 5 aliphatic rings. The number of carbonyl (C=O) groups is 5. The topological polar surface area (TPSA) is 309 Å². The van der Waals surface area contributed by atoms with E-state index in [2.05, 4.69) is 5.32 Å². The van der Waals surface area contributed by atoms with Crippen molar-refractivity contribution in [3.63, 3.8) is 0 Å². The fourth-order valence-electron chi connectivity index (χ4n) is 9.78. The van der Waals surface area contributed by atoms with Gasteiger partial charge in [0, 0.05) is 55.0 Å². The molecule has 2 saturated heterocycles. The highest BCUT2D eigenvalue weighted by atomic mass is 35.5. The van der Waals surface area contributed by atoms with E-state index >= 15 is 0 Å². The van der Waals surface area contributed by atoms with E-state index in [1.807, 2.05) is 0 Å². The van der Waals surface area contributed by atoms with Gasteiger partial charge in [-0.1, -0.05) is 65.8 Å². The zero-order valence-electron chi connectivity index (χ0n) is 35.1. The monoisotopic (exact) mass is 931 g/mol. The van der Waals surface area contributed by atoms with Crippen LogP contribution in [0.5, 0.6) is 17.2 Å². The van der Waals surface area contributed by atoms with Gasteiger partial charge in [-0.2, -0.15) is 0 Å². The number of rotatable bonds is 9. The molecule has 3 heterocycles. The predicted molar refractivity (Wildman–Crippen MR) is 227 cm³/mol. The third-order valence-electron chi connectivity index (χ3n) is 12.7. The van der Waals surface area contributed by atoms with E-state index < -0.39 is 118 Å². The van der Waals surface area contributed by atoms with Crippen LogP contribution in [0.4, 0.5) is 5.69 Å². The Morgan fingerprint density at radius 1 is 0.924 bits per heavy atom. The largest absolute Gasteiger partial charge is 0.507 e. The number of anilines is 1. The molecule has 0 bridgehead atoms. The van der Waals surface area contributed by atoms with E-state index in [1.54, 1.807) is 6.92 Å². The standard InChI is InChI=1S/C46H42ClNO18/c1-20-16-29(51)45(61)43(60,18-20)19-30(52)44-41(58)33-24(40(57)46(44,45)66-44)13-12-23(36(33)55)27-17-28(38(21(2)62-27)63-22(3)49)64-32(54)11-9-7-5-4-6-8-10-31(53)48-35-37(56)25-14-15-26(50)34(47)39(25)65-42(35)59/h4-16,21,27-28,30,38,41,50,52,55-56,58,60-61H,17-19H2,1-3H3,(H,48,53)/t21-,27-,28-,30+,38-,41+,43+,44-,45+,46+/m1/s1. The third kappa shape index (κ3) is 6.88. The van der Waals surface area contributed by atoms with Crippen molar-refractivity contribution >= 4 is 57.7 Å². The molecule has 8 N–H and O–H groups in total. The maximum absolute atomic E-state index is 14.4. The number of ether oxygens (including phenoxy) is 4. The quantitative estimate of drug-likeness (QED) is 0.0503. The first-order valence-corrected chi connectivity index (χ1v) is 20.8. The molecule has 2 aliphatic heterocycles. The molecular formula is C46H42ClNO18. The number of aromatic hydroxyl groups is 3. The Morgan fingerprint density at radius 2 is 1.61 bits per heavy atom. The van der Waals surface area contributed by atoms with Gasteiger partial charge in [0.2, 0.25) is 17.3 Å². The molecule has 0 unspecified atom stereocenters. The lowest BCUT2D eigenvalue weighted by molar-refractivity contribution is -0.210. The molecule has 0 spiro atoms. The first-order chi connectivity index (χ1) is 31.1. The van der Waals surface area contributed by atoms with Crippen molar-refractivity contribution in [2.75, 3.05) is 5.32 Å². The molecule has 1 amide bonds. The number of benzene rings is 2. The summed E-state index contributed by atoms with van der Waals surface area (Å²) in [6, 6.07) is 4.95. The first kappa shape index (κ1) is 46.1. The second-order valence-electron chi connectivity index (χ2n) is 16.7. The lowest BCUT2D eigenvalue weighted by Crippen LogP contribution is -2.78. The number of fused-ring (bicyclic) bond motifs is 3. The molecule has 66 heavy (non-hydrogen) atoms. The van der Waals surface area contributed by atoms with Crippen molar-refractivity contribution in [1.29, 1.82) is 0 Å². The first-order valence-electron chi connectivity index (χ1n) is 20.5. The predicted octanol–water partition coefficient (Wildman–Crippen LogP) is 3.00. The molecule has 19 nitrogen and oxygen atoms in total. The fraction of sp³-hybridized carbons (Fsp3) is 0.348. The van der Waals surface area contributed by atoms with Crippen LogP contribution in [0.3, 0.4) is 0 Å². The van der Waals surface area contributed by atoms with Gasteiger partial charge in [-0.3, -0.25) is 19.2 Å². The SMILES string of the molecule is CC(=O)O[C@@H]1[C@@H](C)O[C@@H](c2ccc3c(c2O)[C@H](O)[C@@]24O[C@]2(C3=O)[C@]2(O)C(=O)C=C(C)C[C@]2(O)C[C@@H]4O)C[C@H]1OC(=O)C=CC=CC=CC=CC(=O)Nc1c(O)c2ccc(O)c(Cl)c2oc1=O. The normalized spacial score (nSPS) is 32.5. The van der Waals surface area contributed by atoms with E-state index in [-0.39, 0.29) is 51.3 Å². The Kier molecular flexibility index (Phi) is 11.5. The number of phenolic OH excluding ortho intramolecular Hbond substituents is 2. The zero-order chi connectivity index (χ0) is 47.8. The maximum atomic E-state index is 14.4. The Balaban J connectivity index is 0.943. The van der Waals surface area contributed by atoms with Crippen molar-refractivity contribution < 1.29 is 83.1 Å². The summed E-state index contributed by atoms with van der Waals surface area (Å²) >= 11 is 5.94. The van der Waals surface area contributed by atoms with Gasteiger partial charge < -0.3 is 64.4 Å². The van der Waals surface area contributed by atoms with Crippen LogP contribution in [-0.2, 0) is 38.1 Å². The molecule has 10 atom stereocenters. The van der Waals surface area contributed by atoms with Crippen LogP contribution in [0.15, 0.2) is 93.7 Å². The minimum absolute atomic E-state index is 0.00805. The van der Waals surface area contributed by atoms with Crippen LogP contribution in [0.2, 0.25) is 5.02 Å². The number of halogens is 1. The summed E-state index contributed by atoms with van der Waals surface area (Å²) in [6.07, 6.45) is 2.51. The Hall–Kier alpha value is -6.45. The highest BCUT2D eigenvalue weighted by Crippen LogP contribution is 2.74. The van der Waals surface area contributed by atoms with Crippen molar-refractivity contribution in [2.24, 2.45) is 0 Å². The van der Waals surface area contributed by atoms with Crippen molar-refractivity contribution in [1.82, 2.24) is 0 Å². The molecular weight excluding hydrogens is 890 g/mol. The van der Waals surface area contributed by atoms with Gasteiger partial charge in [0.05, 0.1) is 23.7 Å². The van der Waals surface area contributed by atoms with Crippen LogP contribution in [0.1, 0.15) is 73.7 Å². The molecule has 3 fully saturated rings. The Morgan fingerprint density at radius 3 is 2.30 bits per heavy atom. The zero-order valence-corrected chi connectivity index (χ0v) is 35.8. The minimum atomic E-state index is -2.88. The Bertz CT molecular complexity index is 2840. The summed E-state index contributed by atoms with van der Waals surface area (Å²) in [5.74, 6) is -6.08. The molecule has 20 heteroatoms. The van der Waals surface area contributed by atoms with Gasteiger partial charge in [-0.05, 0) is 32.1 Å². The van der Waals surface area contributed by atoms with Crippen molar-refractivity contribution in [2.45, 2.75) is 99.1 Å². The molecule has 0 radical (unpaired) electrons. The summed E-state index contributed by atoms with van der Waals surface area (Å²) in [5, 5.41) is 80.8. The molecule has 3 aliphatic carbocycles. The highest BCUT2D eigenvalue weighted by molar-refractivity contribution is 6.36. The van der Waals surface area contributed by atoms with Gasteiger partial charge in [0.15, 0.2) is 40.1 Å². The number of phenols is 2. The van der Waals surface area contributed by atoms with Gasteiger partial charge in [0.1, 0.15) is 34.3 Å². The van der Waals surface area contributed by atoms with E-state index in [9.17, 15) is 64.5 Å². The third-order valence-corrected chi connectivity index (χ3v) is 13.0. The number of ketones is 2. The van der Waals surface area contributed by atoms with Gasteiger partial charge >= 0.3 is 17.6 Å². The number of nitrogens with one attached hydrogen (secondary N) is 1. The lowest BCUT2D eigenvalue weighted by atomic mass is 9.50. The average Bonchev–Trinajstić information content (AvgIpc) is 3.98. The number of hydrogen-bond donors (Lipinski definition) is 8. The Labute approximate surface area is 378 Å². The second-order valence-corrected chi connectivity index (χ2v) is 17.1. The summed E-state index contributed by atoms with van der Waals surface area (Å²) < 4.78 is 28.2. The maximum Gasteiger partial charge on any atom is 0.364 e. The van der Waals surface area contributed by atoms with Crippen LogP contribution in [0.25, 0.3) is 11.0 Å². The number of aliphatic hydroxyl groups is 4. The lowest BCUT2D eigenvalue weighted by Gasteiger charge is -2.54. The number of aliphatic hydroxyl groups excluding tert-OH is 2. The summed E-state index contributed by atoms with van der Waals surface area (Å²) in [6.45, 7) is 4.23. The average molecular weight is 932 g/mol. The van der Waals surface area contributed by atoms with Crippen molar-refractivity contribution in [3.8, 4) is 17.2 Å². The molecule has 2 aromatic carbocycles. The summed E-state index contributed by atoms with van der Waals surface area (Å²) in [4.78, 5) is 77.7. The summed E-state index contributed by atoms with van der Waals surface area (Å²) in [7, 11) is 0. The molecule has 346 valence electrons. The number of carbonyl (C=O) groups excluding carboxylic acids is 5. The number of amides is 1. The van der Waals surface area contributed by atoms with Gasteiger partial charge in [-0.25, -0.2) is 9.59 Å². The number of allylic oxidation sites excluding steroid dienone is 6. The molecule has 1 aromatic heterocycles. The van der Waals surface area contributed by atoms with Crippen molar-refractivity contribution in [3.05, 3.63) is 117 Å². The number of epoxide rings is 1. The number of Topliss-reactive ketones (excluding diaryl/α,β-unsaturated/α-hetero) is 1. The second kappa shape index (κ2) is 16.5. The van der Waals surface area contributed by atoms with Crippen LogP contribution in [0, 0.1) is 0 Å². The summed E-state index contributed by atoms with van der Waals surface area (Å²) in [5.41, 5.74) is -12.3. The van der Waals surface area contributed by atoms with Gasteiger partial charge in [0.25, 0.3) is 0 Å². The molecule has 8 rings (SSSR count). The van der Waals surface area contributed by atoms with Crippen LogP contribution < -0.4 is 10.9 Å². The van der Waals surface area contributed by atoms with E-state index in [0.29, 0.717) is 5.57 Å². The minimum Gasteiger partial charge on any atom is -0.507 e. The molecule has 1 saturated carbocycles. The van der Waals surface area contributed by atoms with Crippen LogP contribution >= 0.6 is 11.6 Å². The number of esters is 2. The number of hydrogen-bond acceptors (Lipinski definition) is 18. The smallest absolute Gasteiger partial charge is 0.364 e.